The largest absolute Gasteiger partial charge is 0.478 e. The summed E-state index contributed by atoms with van der Waals surface area (Å²) in [7, 11) is 0. The Morgan fingerprint density at radius 2 is 1.62 bits per heavy atom. The number of aromatic nitrogens is 1. The summed E-state index contributed by atoms with van der Waals surface area (Å²) in [5, 5.41) is 9.31. The van der Waals surface area contributed by atoms with Gasteiger partial charge in [-0.15, -0.1) is 11.8 Å². The number of aromatic carboxylic acids is 1. The summed E-state index contributed by atoms with van der Waals surface area (Å²) in [4.78, 5) is 19.2. The van der Waals surface area contributed by atoms with Crippen LogP contribution in [0.2, 0.25) is 0 Å². The van der Waals surface area contributed by atoms with E-state index >= 15 is 0 Å². The third kappa shape index (κ3) is 7.30. The zero-order valence-electron chi connectivity index (χ0n) is 19.0. The molecule has 1 N–H and O–H groups in total. The van der Waals surface area contributed by atoms with Crippen LogP contribution in [-0.2, 0) is 0 Å². The highest BCUT2D eigenvalue weighted by Gasteiger charge is 2.14. The van der Waals surface area contributed by atoms with E-state index in [0.717, 1.165) is 66.5 Å². The molecule has 0 radical (unpaired) electrons. The number of carbonyl (C=O) groups is 1. The van der Waals surface area contributed by atoms with E-state index < -0.39 is 5.97 Å². The quantitative estimate of drug-likeness (QED) is 0.192. The number of hydrogen-bond donors (Lipinski definition) is 1. The highest BCUT2D eigenvalue weighted by atomic mass is 32.2. The molecule has 1 heterocycles. The Balaban J connectivity index is 1.47. The molecule has 0 fully saturated rings. The Hall–Kier alpha value is -2.47. The zero-order valence-corrected chi connectivity index (χ0v) is 19.8. The van der Waals surface area contributed by atoms with Crippen LogP contribution in [0.15, 0.2) is 57.8 Å². The van der Waals surface area contributed by atoms with Crippen molar-refractivity contribution in [3.8, 4) is 0 Å². The molecule has 3 rings (SSSR count). The number of thioether (sulfide) groups is 1. The molecule has 6 heteroatoms. The number of carboxylic acid groups (broad SMARTS) is 1. The van der Waals surface area contributed by atoms with Gasteiger partial charge in [0.05, 0.1) is 5.56 Å². The molecule has 0 saturated carbocycles. The first-order valence-electron chi connectivity index (χ1n) is 11.7. The van der Waals surface area contributed by atoms with Crippen LogP contribution in [0.1, 0.15) is 68.6 Å². The fourth-order valence-corrected chi connectivity index (χ4v) is 4.79. The monoisotopic (exact) mass is 454 g/mol. The van der Waals surface area contributed by atoms with Crippen molar-refractivity contribution < 1.29 is 14.3 Å². The molecule has 1 aromatic heterocycles. The first-order chi connectivity index (χ1) is 15.7. The van der Waals surface area contributed by atoms with Crippen LogP contribution in [0, 0.1) is 0 Å². The summed E-state index contributed by atoms with van der Waals surface area (Å²) in [5.74, 6) is 0.0607. The number of oxazole rings is 1. The van der Waals surface area contributed by atoms with Gasteiger partial charge >= 0.3 is 5.97 Å². The van der Waals surface area contributed by atoms with Gasteiger partial charge < -0.3 is 14.4 Å². The minimum Gasteiger partial charge on any atom is -0.478 e. The smallest absolute Gasteiger partial charge is 0.336 e. The number of rotatable bonds is 15. The van der Waals surface area contributed by atoms with Gasteiger partial charge in [0.1, 0.15) is 5.52 Å². The van der Waals surface area contributed by atoms with Crippen molar-refractivity contribution in [3.63, 3.8) is 0 Å². The van der Waals surface area contributed by atoms with Crippen molar-refractivity contribution in [3.05, 3.63) is 54.1 Å². The molecule has 0 aliphatic carbocycles. The second kappa shape index (κ2) is 13.2. The van der Waals surface area contributed by atoms with Gasteiger partial charge in [0, 0.05) is 18.0 Å². The maximum absolute atomic E-state index is 11.3. The fourth-order valence-electron chi connectivity index (χ4n) is 3.74. The van der Waals surface area contributed by atoms with Crippen LogP contribution in [-0.4, -0.2) is 34.9 Å². The summed E-state index contributed by atoms with van der Waals surface area (Å²) in [6, 6.07) is 15.9. The average Bonchev–Trinajstić information content (AvgIpc) is 3.24. The minimum absolute atomic E-state index is 0.391. The molecule has 0 aliphatic heterocycles. The first-order valence-corrected chi connectivity index (χ1v) is 12.7. The molecule has 3 aromatic rings. The predicted molar refractivity (Wildman–Crippen MR) is 133 cm³/mol. The van der Waals surface area contributed by atoms with E-state index in [4.69, 9.17) is 9.40 Å². The summed E-state index contributed by atoms with van der Waals surface area (Å²) in [5.41, 5.74) is 2.14. The van der Waals surface area contributed by atoms with Gasteiger partial charge in [-0.1, -0.05) is 63.3 Å². The first kappa shape index (κ1) is 24.2. The number of unbranched alkanes of at least 4 members (excludes halogenated alkanes) is 6. The van der Waals surface area contributed by atoms with Crippen molar-refractivity contribution >= 4 is 34.8 Å². The lowest BCUT2D eigenvalue weighted by molar-refractivity contribution is 0.0693. The van der Waals surface area contributed by atoms with Gasteiger partial charge in [0.15, 0.2) is 5.58 Å². The molecule has 0 unspecified atom stereocenters. The number of anilines is 1. The standard InChI is InChI=1S/C26H34N2O3S/c1-2-3-4-5-11-18-28(26-27-22-15-8-9-16-23(22)31-26)19-12-6-13-20-32-24-17-10-7-14-21(24)25(29)30/h7-10,14-17H,2-6,11-13,18-20H2,1H3,(H,29,30). The summed E-state index contributed by atoms with van der Waals surface area (Å²) in [6.07, 6.45) is 9.44. The van der Waals surface area contributed by atoms with Crippen LogP contribution >= 0.6 is 11.8 Å². The lowest BCUT2D eigenvalue weighted by atomic mass is 10.1. The molecule has 5 nitrogen and oxygen atoms in total. The van der Waals surface area contributed by atoms with Gasteiger partial charge in [0.2, 0.25) is 0 Å². The maximum Gasteiger partial charge on any atom is 0.336 e. The third-order valence-corrected chi connectivity index (χ3v) is 6.69. The molecule has 0 saturated heterocycles. The van der Waals surface area contributed by atoms with E-state index in [9.17, 15) is 9.90 Å². The zero-order chi connectivity index (χ0) is 22.6. The van der Waals surface area contributed by atoms with Gasteiger partial charge in [-0.2, -0.15) is 4.98 Å². The Kier molecular flexibility index (Phi) is 9.95. The maximum atomic E-state index is 11.3. The van der Waals surface area contributed by atoms with E-state index in [2.05, 4.69) is 11.8 Å². The number of benzene rings is 2. The topological polar surface area (TPSA) is 66.6 Å². The van der Waals surface area contributed by atoms with Crippen molar-refractivity contribution in [2.45, 2.75) is 63.2 Å². The average molecular weight is 455 g/mol. The number of nitrogens with zero attached hydrogens (tertiary/aromatic N) is 2. The molecule has 0 amide bonds. The Morgan fingerprint density at radius 3 is 2.38 bits per heavy atom. The Bertz CT molecular complexity index is 939. The van der Waals surface area contributed by atoms with Gasteiger partial charge in [-0.25, -0.2) is 4.79 Å². The summed E-state index contributed by atoms with van der Waals surface area (Å²) < 4.78 is 6.04. The minimum atomic E-state index is -0.860. The van der Waals surface area contributed by atoms with E-state index in [-0.39, 0.29) is 0 Å². The highest BCUT2D eigenvalue weighted by molar-refractivity contribution is 7.99. The fraction of sp³-hybridized carbons (Fsp3) is 0.462. The SMILES string of the molecule is CCCCCCCN(CCCCCSc1ccccc1C(=O)O)c1nc2ccccc2o1. The molecule has 2 aromatic carbocycles. The highest BCUT2D eigenvalue weighted by Crippen LogP contribution is 2.25. The van der Waals surface area contributed by atoms with Gasteiger partial charge in [0.25, 0.3) is 6.01 Å². The number of para-hydroxylation sites is 2. The lowest BCUT2D eigenvalue weighted by Crippen LogP contribution is -2.26. The van der Waals surface area contributed by atoms with Gasteiger partial charge in [-0.05, 0) is 49.3 Å². The van der Waals surface area contributed by atoms with Crippen LogP contribution in [0.5, 0.6) is 0 Å². The summed E-state index contributed by atoms with van der Waals surface area (Å²) >= 11 is 1.63. The summed E-state index contributed by atoms with van der Waals surface area (Å²) in [6.45, 7) is 4.14. The lowest BCUT2D eigenvalue weighted by Gasteiger charge is -2.20. The molecule has 0 aliphatic rings. The molecule has 0 spiro atoms. The van der Waals surface area contributed by atoms with E-state index in [1.807, 2.05) is 36.4 Å². The Morgan fingerprint density at radius 1 is 0.938 bits per heavy atom. The van der Waals surface area contributed by atoms with E-state index in [0.29, 0.717) is 5.56 Å². The van der Waals surface area contributed by atoms with Crippen molar-refractivity contribution in [1.29, 1.82) is 0 Å². The van der Waals surface area contributed by atoms with Crippen LogP contribution in [0.25, 0.3) is 11.1 Å². The van der Waals surface area contributed by atoms with Gasteiger partial charge in [-0.3, -0.25) is 0 Å². The second-order valence-electron chi connectivity index (χ2n) is 8.08. The van der Waals surface area contributed by atoms with E-state index in [1.165, 1.54) is 25.7 Å². The second-order valence-corrected chi connectivity index (χ2v) is 9.21. The third-order valence-electron chi connectivity index (χ3n) is 5.53. The number of fused-ring (bicyclic) bond motifs is 1. The molecule has 0 bridgehead atoms. The molecule has 0 atom stereocenters. The molecular weight excluding hydrogens is 420 g/mol. The van der Waals surface area contributed by atoms with Crippen molar-refractivity contribution in [2.75, 3.05) is 23.7 Å². The molecule has 172 valence electrons. The van der Waals surface area contributed by atoms with Crippen molar-refractivity contribution in [1.82, 2.24) is 4.98 Å². The molecule has 32 heavy (non-hydrogen) atoms. The van der Waals surface area contributed by atoms with Crippen LogP contribution in [0.4, 0.5) is 6.01 Å². The van der Waals surface area contributed by atoms with Crippen molar-refractivity contribution in [2.24, 2.45) is 0 Å². The van der Waals surface area contributed by atoms with Crippen LogP contribution in [0.3, 0.4) is 0 Å². The van der Waals surface area contributed by atoms with E-state index in [1.54, 1.807) is 23.9 Å². The predicted octanol–water partition coefficient (Wildman–Crippen LogP) is 7.27. The molecular formula is C26H34N2O3S. The number of hydrogen-bond acceptors (Lipinski definition) is 5. The number of carboxylic acids is 1. The Labute approximate surface area is 195 Å². The normalized spacial score (nSPS) is 11.2. The van der Waals surface area contributed by atoms with Crippen LogP contribution < -0.4 is 4.90 Å².